The van der Waals surface area contributed by atoms with Crippen LogP contribution in [0.1, 0.15) is 30.6 Å². The molecule has 2 unspecified atom stereocenters. The van der Waals surface area contributed by atoms with Crippen LogP contribution in [0.2, 0.25) is 0 Å². The van der Waals surface area contributed by atoms with E-state index >= 15 is 0 Å². The van der Waals surface area contributed by atoms with Crippen molar-refractivity contribution in [3.8, 4) is 6.19 Å². The molecule has 0 saturated carbocycles. The number of hydrogen-bond donors (Lipinski definition) is 1. The van der Waals surface area contributed by atoms with Crippen molar-refractivity contribution in [2.45, 2.75) is 30.4 Å². The van der Waals surface area contributed by atoms with E-state index in [0.717, 1.165) is 22.7 Å². The van der Waals surface area contributed by atoms with Gasteiger partial charge in [0.1, 0.15) is 0 Å². The summed E-state index contributed by atoms with van der Waals surface area (Å²) in [5.41, 5.74) is 2.43. The van der Waals surface area contributed by atoms with Crippen LogP contribution < -0.4 is 5.32 Å². The summed E-state index contributed by atoms with van der Waals surface area (Å²) in [6.07, 6.45) is 11.2. The summed E-state index contributed by atoms with van der Waals surface area (Å²) in [5, 5.41) is 11.1. The largest absolute Gasteiger partial charge is 0.268 e. The van der Waals surface area contributed by atoms with Crippen LogP contribution >= 0.6 is 11.8 Å². The fourth-order valence-electron chi connectivity index (χ4n) is 2.94. The van der Waals surface area contributed by atoms with Gasteiger partial charge in [-0.05, 0) is 30.5 Å². The first kappa shape index (κ1) is 16.5. The molecule has 1 amide bonds. The minimum atomic E-state index is -0.396. The number of hydrogen-bond acceptors (Lipinski definition) is 4. The van der Waals surface area contributed by atoms with E-state index in [2.05, 4.69) is 43.5 Å². The first-order valence-electron chi connectivity index (χ1n) is 8.01. The van der Waals surface area contributed by atoms with Crippen LogP contribution in [0.25, 0.3) is 0 Å². The van der Waals surface area contributed by atoms with E-state index in [4.69, 9.17) is 10.3 Å². The minimum Gasteiger partial charge on any atom is -0.268 e. The number of thioether (sulfide) groups is 1. The number of nitrogens with zero attached hydrogens (tertiary/aromatic N) is 2. The third kappa shape index (κ3) is 3.44. The predicted octanol–water partition coefficient (Wildman–Crippen LogP) is 4.23. The molecule has 0 saturated heterocycles. The lowest BCUT2D eigenvalue weighted by Gasteiger charge is -2.23. The zero-order chi connectivity index (χ0) is 17.1. The molecule has 0 fully saturated rings. The number of fused-ring (bicyclic) bond motifs is 2. The molecule has 2 atom stereocenters. The molecule has 1 heterocycles. The number of allylic oxidation sites excluding steroid dienone is 3. The number of aliphatic imine (C=N–C) groups is 1. The summed E-state index contributed by atoms with van der Waals surface area (Å²) in [6, 6.07) is 5.45. The monoisotopic (exact) mass is 337 g/mol. The van der Waals surface area contributed by atoms with E-state index in [-0.39, 0.29) is 5.92 Å². The molecular formula is C19H19N3OS. The average Bonchev–Trinajstić information content (AvgIpc) is 2.70. The van der Waals surface area contributed by atoms with Crippen molar-refractivity contribution >= 4 is 29.1 Å². The first-order chi connectivity index (χ1) is 11.6. The van der Waals surface area contributed by atoms with E-state index in [1.807, 2.05) is 6.07 Å². The smallest absolute Gasteiger partial charge is 0.264 e. The summed E-state index contributed by atoms with van der Waals surface area (Å²) >= 11 is 1.78. The lowest BCUT2D eigenvalue weighted by molar-refractivity contribution is 0.0973. The standard InChI is InChI=1S/C19H19N3OS/c1-12(2)9-15-14-5-3-4-6-17(14)24-18-8-7-13(10-16(18)22-15)19(23)21-11-20/h3-8,10,12,14,17H,9H2,1-2H3,(H,21,23). The van der Waals surface area contributed by atoms with E-state index in [1.165, 1.54) is 0 Å². The Morgan fingerprint density at radius 3 is 2.92 bits per heavy atom. The van der Waals surface area contributed by atoms with Crippen LogP contribution in [0.5, 0.6) is 0 Å². The summed E-state index contributed by atoms with van der Waals surface area (Å²) in [4.78, 5) is 17.9. The second-order valence-corrected chi connectivity index (χ2v) is 7.55. The average molecular weight is 337 g/mol. The minimum absolute atomic E-state index is 0.284. The van der Waals surface area contributed by atoms with Gasteiger partial charge in [0.2, 0.25) is 0 Å². The number of carbonyl (C=O) groups is 1. The lowest BCUT2D eigenvalue weighted by Crippen LogP contribution is -2.24. The van der Waals surface area contributed by atoms with E-state index < -0.39 is 5.91 Å². The maximum absolute atomic E-state index is 11.9. The number of benzene rings is 1. The molecule has 24 heavy (non-hydrogen) atoms. The molecule has 0 radical (unpaired) electrons. The highest BCUT2D eigenvalue weighted by atomic mass is 32.2. The maximum Gasteiger partial charge on any atom is 0.264 e. The van der Waals surface area contributed by atoms with Crippen molar-refractivity contribution in [1.29, 1.82) is 5.26 Å². The summed E-state index contributed by atoms with van der Waals surface area (Å²) in [5.74, 6) is 0.402. The van der Waals surface area contributed by atoms with Crippen LogP contribution in [0.15, 0.2) is 52.4 Å². The summed E-state index contributed by atoms with van der Waals surface area (Å²) < 4.78 is 0. The molecule has 1 aromatic carbocycles. The molecule has 5 heteroatoms. The third-order valence-electron chi connectivity index (χ3n) is 4.00. The molecule has 2 aliphatic rings. The van der Waals surface area contributed by atoms with Crippen molar-refractivity contribution in [2.75, 3.05) is 0 Å². The zero-order valence-electron chi connectivity index (χ0n) is 13.7. The number of amides is 1. The Hall–Kier alpha value is -2.32. The number of nitrogens with one attached hydrogen (secondary N) is 1. The van der Waals surface area contributed by atoms with E-state index in [1.54, 1.807) is 30.1 Å². The molecule has 0 bridgehead atoms. The summed E-state index contributed by atoms with van der Waals surface area (Å²) in [7, 11) is 0. The fraction of sp³-hybridized carbons (Fsp3) is 0.316. The van der Waals surface area contributed by atoms with Crippen LogP contribution in [-0.2, 0) is 0 Å². The fourth-order valence-corrected chi connectivity index (χ4v) is 4.17. The molecule has 4 nitrogen and oxygen atoms in total. The molecule has 0 aromatic heterocycles. The molecule has 1 aromatic rings. The van der Waals surface area contributed by atoms with Gasteiger partial charge in [0, 0.05) is 27.3 Å². The van der Waals surface area contributed by atoms with Crippen molar-refractivity contribution in [1.82, 2.24) is 5.32 Å². The second-order valence-electron chi connectivity index (χ2n) is 6.33. The Kier molecular flexibility index (Phi) is 4.86. The normalized spacial score (nSPS) is 21.3. The molecule has 1 aliphatic heterocycles. The first-order valence-corrected chi connectivity index (χ1v) is 8.89. The van der Waals surface area contributed by atoms with Gasteiger partial charge in [-0.25, -0.2) is 0 Å². The van der Waals surface area contributed by atoms with Gasteiger partial charge in [0.25, 0.3) is 5.91 Å². The van der Waals surface area contributed by atoms with Crippen molar-refractivity contribution in [3.05, 3.63) is 48.1 Å². The van der Waals surface area contributed by atoms with Gasteiger partial charge in [-0.3, -0.25) is 15.1 Å². The van der Waals surface area contributed by atoms with Gasteiger partial charge in [0.05, 0.1) is 5.69 Å². The van der Waals surface area contributed by atoms with Crippen LogP contribution in [-0.4, -0.2) is 16.9 Å². The molecule has 1 N–H and O–H groups in total. The molecule has 0 spiro atoms. The number of rotatable bonds is 3. The van der Waals surface area contributed by atoms with Crippen LogP contribution in [0, 0.1) is 23.3 Å². The lowest BCUT2D eigenvalue weighted by atomic mass is 9.89. The Labute approximate surface area is 146 Å². The van der Waals surface area contributed by atoms with Crippen molar-refractivity contribution in [2.24, 2.45) is 16.8 Å². The highest BCUT2D eigenvalue weighted by molar-refractivity contribution is 8.00. The number of carbonyl (C=O) groups excluding carboxylic acids is 1. The predicted molar refractivity (Wildman–Crippen MR) is 97.5 cm³/mol. The van der Waals surface area contributed by atoms with E-state index in [0.29, 0.717) is 16.7 Å². The van der Waals surface area contributed by atoms with Gasteiger partial charge in [0.15, 0.2) is 6.19 Å². The SMILES string of the molecule is CC(C)CC1=Nc2cc(C(=O)NC#N)ccc2SC2C=CC=CC12. The van der Waals surface area contributed by atoms with Gasteiger partial charge < -0.3 is 0 Å². The van der Waals surface area contributed by atoms with Gasteiger partial charge in [-0.1, -0.05) is 38.2 Å². The Morgan fingerprint density at radius 2 is 2.17 bits per heavy atom. The number of nitriles is 1. The Morgan fingerprint density at radius 1 is 1.38 bits per heavy atom. The van der Waals surface area contributed by atoms with Gasteiger partial charge in [-0.2, -0.15) is 5.26 Å². The van der Waals surface area contributed by atoms with Crippen molar-refractivity contribution < 1.29 is 4.79 Å². The molecule has 3 rings (SSSR count). The molecule has 122 valence electrons. The molecular weight excluding hydrogens is 318 g/mol. The molecule has 1 aliphatic carbocycles. The summed E-state index contributed by atoms with van der Waals surface area (Å²) in [6.45, 7) is 4.38. The maximum atomic E-state index is 11.9. The van der Waals surface area contributed by atoms with Crippen LogP contribution in [0.4, 0.5) is 5.69 Å². The second kappa shape index (κ2) is 7.06. The Balaban J connectivity index is 2.04. The highest BCUT2D eigenvalue weighted by Gasteiger charge is 2.29. The zero-order valence-corrected chi connectivity index (χ0v) is 14.5. The third-order valence-corrected chi connectivity index (χ3v) is 5.33. The van der Waals surface area contributed by atoms with Gasteiger partial charge >= 0.3 is 0 Å². The quantitative estimate of drug-likeness (QED) is 0.663. The topological polar surface area (TPSA) is 65.2 Å². The highest BCUT2D eigenvalue weighted by Crippen LogP contribution is 2.42. The van der Waals surface area contributed by atoms with Gasteiger partial charge in [-0.15, -0.1) is 11.8 Å². The Bertz CT molecular complexity index is 786. The van der Waals surface area contributed by atoms with E-state index in [9.17, 15) is 4.79 Å². The van der Waals surface area contributed by atoms with Crippen molar-refractivity contribution in [3.63, 3.8) is 0 Å². The van der Waals surface area contributed by atoms with Crippen LogP contribution in [0.3, 0.4) is 0 Å².